The van der Waals surface area contributed by atoms with Gasteiger partial charge in [-0.1, -0.05) is 20.8 Å². The van der Waals surface area contributed by atoms with Gasteiger partial charge in [-0.15, -0.1) is 0 Å². The lowest BCUT2D eigenvalue weighted by atomic mass is 9.86. The van der Waals surface area contributed by atoms with Crippen LogP contribution in [0.1, 0.15) is 46.5 Å². The highest BCUT2D eigenvalue weighted by atomic mass is 32.2. The number of rotatable bonds is 7. The predicted molar refractivity (Wildman–Crippen MR) is 119 cm³/mol. The molecule has 2 aromatic rings. The molecule has 2 N–H and O–H groups in total. The quantitative estimate of drug-likeness (QED) is 0.681. The number of pyridine rings is 1. The number of nitrogens with zero attached hydrogens (tertiary/aromatic N) is 4. The highest BCUT2D eigenvalue weighted by Crippen LogP contribution is 2.31. The van der Waals surface area contributed by atoms with Crippen LogP contribution in [-0.2, 0) is 0 Å². The summed E-state index contributed by atoms with van der Waals surface area (Å²) in [5.74, 6) is 2.58. The fraction of sp³-hybridized carbons (Fsp3) is 0.667. The maximum atomic E-state index is 4.76. The summed E-state index contributed by atoms with van der Waals surface area (Å²) in [6, 6.07) is 5.17. The molecule has 0 aromatic carbocycles. The zero-order chi connectivity index (χ0) is 19.6. The van der Waals surface area contributed by atoms with E-state index in [2.05, 4.69) is 41.3 Å². The van der Waals surface area contributed by atoms with E-state index < -0.39 is 0 Å². The molecule has 0 atom stereocenters. The molecule has 4 rings (SSSR count). The number of fused-ring (bicyclic) bond motifs is 1. The lowest BCUT2D eigenvalue weighted by molar-refractivity contribution is 0.145. The van der Waals surface area contributed by atoms with Gasteiger partial charge in [0, 0.05) is 35.3 Å². The molecule has 2 aliphatic rings. The molecule has 2 fully saturated rings. The van der Waals surface area contributed by atoms with Crippen molar-refractivity contribution in [2.75, 3.05) is 36.0 Å². The summed E-state index contributed by atoms with van der Waals surface area (Å²) >= 11 is 1.95. The first-order valence-electron chi connectivity index (χ1n) is 10.5. The second kappa shape index (κ2) is 8.41. The number of aromatic nitrogens is 3. The number of hydrogen-bond donors (Lipinski definition) is 2. The second-order valence-electron chi connectivity index (χ2n) is 8.86. The maximum absolute atomic E-state index is 4.76. The van der Waals surface area contributed by atoms with Crippen LogP contribution in [0.2, 0.25) is 0 Å². The molecule has 0 spiro atoms. The van der Waals surface area contributed by atoms with E-state index in [0.29, 0.717) is 6.04 Å². The van der Waals surface area contributed by atoms with Crippen LogP contribution in [0.25, 0.3) is 11.0 Å². The van der Waals surface area contributed by atoms with Gasteiger partial charge >= 0.3 is 0 Å². The fourth-order valence-corrected chi connectivity index (χ4v) is 4.79. The minimum Gasteiger partial charge on any atom is -0.367 e. The molecule has 1 aliphatic heterocycles. The average molecular weight is 401 g/mol. The molecular weight excluding hydrogens is 368 g/mol. The molecule has 152 valence electrons. The largest absolute Gasteiger partial charge is 0.367 e. The van der Waals surface area contributed by atoms with Gasteiger partial charge in [-0.3, -0.25) is 4.98 Å². The molecule has 0 unspecified atom stereocenters. The van der Waals surface area contributed by atoms with Crippen LogP contribution < -0.4 is 10.6 Å². The van der Waals surface area contributed by atoms with Crippen molar-refractivity contribution in [2.45, 2.75) is 63.3 Å². The summed E-state index contributed by atoms with van der Waals surface area (Å²) in [7, 11) is 0. The summed E-state index contributed by atoms with van der Waals surface area (Å²) in [6.45, 7) is 10.1. The Morgan fingerprint density at radius 2 is 1.96 bits per heavy atom. The number of nitrogens with one attached hydrogen (secondary N) is 2. The summed E-state index contributed by atoms with van der Waals surface area (Å²) < 4.78 is 0.274. The van der Waals surface area contributed by atoms with E-state index >= 15 is 0 Å². The van der Waals surface area contributed by atoms with Gasteiger partial charge in [-0.2, -0.15) is 16.7 Å². The van der Waals surface area contributed by atoms with Crippen molar-refractivity contribution in [3.8, 4) is 0 Å². The van der Waals surface area contributed by atoms with Gasteiger partial charge in [0.25, 0.3) is 0 Å². The predicted octanol–water partition coefficient (Wildman–Crippen LogP) is 4.01. The average Bonchev–Trinajstić information content (AvgIpc) is 3.14. The Hall–Kier alpha value is -1.60. The third-order valence-corrected chi connectivity index (χ3v) is 6.76. The second-order valence-corrected chi connectivity index (χ2v) is 10.8. The highest BCUT2D eigenvalue weighted by molar-refractivity contribution is 8.00. The lowest BCUT2D eigenvalue weighted by Gasteiger charge is -2.41. The smallest absolute Gasteiger partial charge is 0.225 e. The van der Waals surface area contributed by atoms with Crippen molar-refractivity contribution in [2.24, 2.45) is 0 Å². The van der Waals surface area contributed by atoms with Gasteiger partial charge < -0.3 is 15.5 Å². The first-order valence-corrected chi connectivity index (χ1v) is 11.5. The van der Waals surface area contributed by atoms with Gasteiger partial charge in [0.1, 0.15) is 5.52 Å². The minimum atomic E-state index is 0.274. The Kier molecular flexibility index (Phi) is 5.92. The summed E-state index contributed by atoms with van der Waals surface area (Å²) in [6.07, 6.45) is 6.91. The van der Waals surface area contributed by atoms with Gasteiger partial charge in [-0.25, -0.2) is 4.98 Å². The first-order chi connectivity index (χ1) is 13.5. The van der Waals surface area contributed by atoms with Crippen LogP contribution in [0.5, 0.6) is 0 Å². The Balaban J connectivity index is 1.39. The minimum absolute atomic E-state index is 0.274. The molecule has 6 nitrogen and oxygen atoms in total. The molecule has 0 radical (unpaired) electrons. The van der Waals surface area contributed by atoms with Crippen LogP contribution in [-0.4, -0.2) is 62.1 Å². The molecule has 0 amide bonds. The SMILES string of the molecule is CC(C)(C)SCCNc1nc(NC2CC(N3CCCC3)C2)nc2cccnc12. The van der Waals surface area contributed by atoms with Gasteiger partial charge in [-0.05, 0) is 50.9 Å². The standard InChI is InChI=1S/C21H32N6S/c1-21(2,3)28-12-9-23-19-18-17(7-6-8-22-18)25-20(26-19)24-15-13-16(14-15)27-10-4-5-11-27/h6-8,15-16H,4-5,9-14H2,1-3H3,(H2,23,24,25,26). The monoisotopic (exact) mass is 400 g/mol. The molecular formula is C21H32N6S. The molecule has 0 bridgehead atoms. The van der Waals surface area contributed by atoms with Crippen LogP contribution in [0.15, 0.2) is 18.3 Å². The number of likely N-dealkylation sites (tertiary alicyclic amines) is 1. The van der Waals surface area contributed by atoms with Crippen molar-refractivity contribution >= 4 is 34.6 Å². The molecule has 1 aliphatic carbocycles. The molecule has 7 heteroatoms. The van der Waals surface area contributed by atoms with Crippen LogP contribution >= 0.6 is 11.8 Å². The summed E-state index contributed by atoms with van der Waals surface area (Å²) in [5.41, 5.74) is 1.73. The van der Waals surface area contributed by atoms with E-state index in [1.807, 2.05) is 23.9 Å². The summed E-state index contributed by atoms with van der Waals surface area (Å²) in [4.78, 5) is 16.6. The Morgan fingerprint density at radius 3 is 2.71 bits per heavy atom. The number of thioether (sulfide) groups is 1. The van der Waals surface area contributed by atoms with E-state index in [1.165, 1.54) is 38.8 Å². The molecule has 3 heterocycles. The third kappa shape index (κ3) is 4.87. The van der Waals surface area contributed by atoms with Crippen molar-refractivity contribution in [1.82, 2.24) is 19.9 Å². The van der Waals surface area contributed by atoms with Crippen molar-refractivity contribution in [1.29, 1.82) is 0 Å². The van der Waals surface area contributed by atoms with Crippen molar-refractivity contribution in [3.05, 3.63) is 18.3 Å². The molecule has 1 saturated heterocycles. The van der Waals surface area contributed by atoms with Crippen LogP contribution in [0, 0.1) is 0 Å². The molecule has 2 aromatic heterocycles. The van der Waals surface area contributed by atoms with Gasteiger partial charge in [0.05, 0.1) is 5.52 Å². The van der Waals surface area contributed by atoms with Crippen molar-refractivity contribution in [3.63, 3.8) is 0 Å². The van der Waals surface area contributed by atoms with E-state index in [-0.39, 0.29) is 4.75 Å². The van der Waals surface area contributed by atoms with Crippen LogP contribution in [0.4, 0.5) is 11.8 Å². The van der Waals surface area contributed by atoms with E-state index in [9.17, 15) is 0 Å². The number of anilines is 2. The zero-order valence-corrected chi connectivity index (χ0v) is 18.1. The van der Waals surface area contributed by atoms with Crippen LogP contribution in [0.3, 0.4) is 0 Å². The van der Waals surface area contributed by atoms with E-state index in [4.69, 9.17) is 9.97 Å². The first kappa shape index (κ1) is 19.7. The van der Waals surface area contributed by atoms with E-state index in [1.54, 1.807) is 6.20 Å². The maximum Gasteiger partial charge on any atom is 0.225 e. The van der Waals surface area contributed by atoms with Gasteiger partial charge in [0.2, 0.25) is 5.95 Å². The Bertz CT molecular complexity index is 793. The lowest BCUT2D eigenvalue weighted by Crippen LogP contribution is -2.49. The van der Waals surface area contributed by atoms with Gasteiger partial charge in [0.15, 0.2) is 5.82 Å². The topological polar surface area (TPSA) is 66.0 Å². The molecule has 1 saturated carbocycles. The zero-order valence-electron chi connectivity index (χ0n) is 17.2. The third-order valence-electron chi connectivity index (χ3n) is 5.49. The summed E-state index contributed by atoms with van der Waals surface area (Å²) in [5, 5.41) is 7.04. The Morgan fingerprint density at radius 1 is 1.18 bits per heavy atom. The molecule has 28 heavy (non-hydrogen) atoms. The normalized spacial score (nSPS) is 23.0. The van der Waals surface area contributed by atoms with E-state index in [0.717, 1.165) is 41.1 Å². The fourth-order valence-electron chi connectivity index (χ4n) is 3.98. The number of hydrogen-bond acceptors (Lipinski definition) is 7. The highest BCUT2D eigenvalue weighted by Gasteiger charge is 2.35. The van der Waals surface area contributed by atoms with Crippen molar-refractivity contribution < 1.29 is 0 Å². The Labute approximate surface area is 172 Å².